The van der Waals surface area contributed by atoms with Gasteiger partial charge in [0.05, 0.1) is 18.7 Å². The molecule has 0 bridgehead atoms. The fourth-order valence-electron chi connectivity index (χ4n) is 4.86. The van der Waals surface area contributed by atoms with Gasteiger partial charge in [-0.25, -0.2) is 8.42 Å². The Morgan fingerprint density at radius 1 is 1.32 bits per heavy atom. The van der Waals surface area contributed by atoms with Crippen LogP contribution in [0.4, 0.5) is 0 Å². The topological polar surface area (TPSA) is 120 Å². The van der Waals surface area contributed by atoms with Crippen LogP contribution in [-0.2, 0) is 10.0 Å². The van der Waals surface area contributed by atoms with Crippen LogP contribution in [0.15, 0.2) is 47.6 Å². The summed E-state index contributed by atoms with van der Waals surface area (Å²) in [4.78, 5) is 18.5. The lowest BCUT2D eigenvalue weighted by atomic mass is 10.0. The number of sulfonamides is 1. The molecule has 1 aromatic carbocycles. The molecule has 0 unspecified atom stereocenters. The summed E-state index contributed by atoms with van der Waals surface area (Å²) in [5.74, 6) is 5.53. The Balaban J connectivity index is 1.71. The molecule has 1 aromatic heterocycles. The van der Waals surface area contributed by atoms with Gasteiger partial charge in [0.2, 0.25) is 10.0 Å². The molecule has 0 spiro atoms. The van der Waals surface area contributed by atoms with Crippen LogP contribution in [0.3, 0.4) is 0 Å². The third kappa shape index (κ3) is 6.02. The van der Waals surface area contributed by atoms with E-state index in [-0.39, 0.29) is 42.2 Å². The lowest BCUT2D eigenvalue weighted by molar-refractivity contribution is 0.0563. The molecule has 3 atom stereocenters. The van der Waals surface area contributed by atoms with Crippen molar-refractivity contribution in [3.8, 4) is 17.6 Å². The quantitative estimate of drug-likeness (QED) is 0.557. The van der Waals surface area contributed by atoms with E-state index in [0.717, 1.165) is 12.8 Å². The molecule has 204 valence electrons. The zero-order chi connectivity index (χ0) is 27.5. The average molecular weight is 542 g/mol. The van der Waals surface area contributed by atoms with Gasteiger partial charge in [0.15, 0.2) is 0 Å². The molecule has 0 saturated heterocycles. The largest absolute Gasteiger partial charge is 0.487 e. The number of benzene rings is 1. The molecule has 4 rings (SSSR count). The molecule has 38 heavy (non-hydrogen) atoms. The molecule has 2 aromatic rings. The summed E-state index contributed by atoms with van der Waals surface area (Å²) in [6, 6.07) is 7.36. The molecule has 10 heteroatoms. The predicted octanol–water partition coefficient (Wildman–Crippen LogP) is 2.28. The average Bonchev–Trinajstić information content (AvgIpc) is 3.35. The fourth-order valence-corrected chi connectivity index (χ4v) is 6.68. The summed E-state index contributed by atoms with van der Waals surface area (Å²) in [6.07, 6.45) is 5.60. The molecule has 0 radical (unpaired) electrons. The number of fused-ring (bicyclic) bond motifs is 1. The van der Waals surface area contributed by atoms with Crippen molar-refractivity contribution in [2.45, 2.75) is 62.2 Å². The van der Waals surface area contributed by atoms with Crippen molar-refractivity contribution in [1.82, 2.24) is 14.2 Å². The number of aliphatic hydroxyl groups excluding tert-OH is 1. The van der Waals surface area contributed by atoms with Crippen LogP contribution in [0.1, 0.15) is 55.5 Å². The number of nitrogens with zero attached hydrogens (tertiary/aromatic N) is 3. The summed E-state index contributed by atoms with van der Waals surface area (Å²) < 4.78 is 34.9. The molecule has 9 nitrogen and oxygen atoms in total. The van der Waals surface area contributed by atoms with Crippen LogP contribution >= 0.6 is 0 Å². The fraction of sp³-hybridized carbons (Fsp3) is 0.500. The van der Waals surface area contributed by atoms with Gasteiger partial charge < -0.3 is 19.8 Å². The number of likely N-dealkylation sites (N-methyl/N-ethyl adjacent to an activating group) is 1. The summed E-state index contributed by atoms with van der Waals surface area (Å²) in [5, 5.41) is 20.5. The van der Waals surface area contributed by atoms with Crippen LogP contribution in [0, 0.1) is 17.8 Å². The number of rotatable bonds is 5. The first kappa shape index (κ1) is 28.0. The van der Waals surface area contributed by atoms with Crippen molar-refractivity contribution >= 4 is 15.9 Å². The van der Waals surface area contributed by atoms with Gasteiger partial charge in [0.1, 0.15) is 22.4 Å². The molecule has 1 saturated carbocycles. The monoisotopic (exact) mass is 541 g/mol. The Kier molecular flexibility index (Phi) is 8.43. The second kappa shape index (κ2) is 11.4. The summed E-state index contributed by atoms with van der Waals surface area (Å²) in [6.45, 7) is 3.49. The van der Waals surface area contributed by atoms with E-state index < -0.39 is 27.8 Å². The van der Waals surface area contributed by atoms with Crippen LogP contribution in [-0.4, -0.2) is 83.2 Å². The number of carbonyl (C=O) groups is 1. The SMILES string of the molecule is C[C@@H]1CN([C@H](C)CO)S(=O)(=O)c2ccc(C#CC3(O)CCCC3)cc2O[C@H]1CN(C)C(=O)c1cccnc1. The van der Waals surface area contributed by atoms with Gasteiger partial charge in [-0.15, -0.1) is 0 Å². The molecular weight excluding hydrogens is 506 g/mol. The minimum absolute atomic E-state index is 0.0268. The molecule has 1 amide bonds. The lowest BCUT2D eigenvalue weighted by Crippen LogP contribution is -2.50. The van der Waals surface area contributed by atoms with Crippen LogP contribution < -0.4 is 4.74 Å². The van der Waals surface area contributed by atoms with Gasteiger partial charge in [-0.1, -0.05) is 18.8 Å². The second-order valence-corrected chi connectivity index (χ2v) is 12.2. The number of carbonyl (C=O) groups excluding carboxylic acids is 1. The van der Waals surface area contributed by atoms with Crippen molar-refractivity contribution in [3.05, 3.63) is 53.9 Å². The Morgan fingerprint density at radius 2 is 2.05 bits per heavy atom. The molecule has 1 aliphatic carbocycles. The van der Waals surface area contributed by atoms with E-state index in [0.29, 0.717) is 24.0 Å². The zero-order valence-electron chi connectivity index (χ0n) is 22.0. The summed E-state index contributed by atoms with van der Waals surface area (Å²) >= 11 is 0. The molecule has 2 heterocycles. The maximum absolute atomic E-state index is 13.7. The minimum Gasteiger partial charge on any atom is -0.487 e. The van der Waals surface area contributed by atoms with Crippen molar-refractivity contribution in [3.63, 3.8) is 0 Å². The van der Waals surface area contributed by atoms with Crippen molar-refractivity contribution in [2.75, 3.05) is 26.7 Å². The highest BCUT2D eigenvalue weighted by atomic mass is 32.2. The Hall–Kier alpha value is -2.97. The highest BCUT2D eigenvalue weighted by Crippen LogP contribution is 2.34. The third-order valence-electron chi connectivity index (χ3n) is 7.25. The molecular formula is C28H35N3O6S. The van der Waals surface area contributed by atoms with Crippen molar-refractivity contribution < 1.29 is 28.2 Å². The molecule has 1 aliphatic heterocycles. The number of hydrogen-bond acceptors (Lipinski definition) is 7. The lowest BCUT2D eigenvalue weighted by Gasteiger charge is -2.37. The number of ether oxygens (including phenoxy) is 1. The Bertz CT molecular complexity index is 1320. The van der Waals surface area contributed by atoms with E-state index in [9.17, 15) is 23.4 Å². The van der Waals surface area contributed by atoms with Crippen LogP contribution in [0.5, 0.6) is 5.75 Å². The smallest absolute Gasteiger partial charge is 0.255 e. The first-order chi connectivity index (χ1) is 18.0. The first-order valence-electron chi connectivity index (χ1n) is 12.9. The van der Waals surface area contributed by atoms with Gasteiger partial charge >= 0.3 is 0 Å². The summed E-state index contributed by atoms with van der Waals surface area (Å²) in [5.41, 5.74) is -0.0704. The van der Waals surface area contributed by atoms with Gasteiger partial charge in [0, 0.05) is 43.5 Å². The second-order valence-electron chi connectivity index (χ2n) is 10.3. The van der Waals surface area contributed by atoms with Crippen molar-refractivity contribution in [2.24, 2.45) is 5.92 Å². The van der Waals surface area contributed by atoms with Gasteiger partial charge in [-0.2, -0.15) is 4.31 Å². The van der Waals surface area contributed by atoms with E-state index in [1.165, 1.54) is 21.5 Å². The van der Waals surface area contributed by atoms with E-state index in [1.54, 1.807) is 44.4 Å². The number of aromatic nitrogens is 1. The van der Waals surface area contributed by atoms with E-state index in [4.69, 9.17) is 4.74 Å². The maximum Gasteiger partial charge on any atom is 0.255 e. The van der Waals surface area contributed by atoms with E-state index in [2.05, 4.69) is 16.8 Å². The minimum atomic E-state index is -4.00. The van der Waals surface area contributed by atoms with Crippen LogP contribution in [0.25, 0.3) is 0 Å². The standard InChI is InChI=1S/C28H35N3O6S/c1-20-17-31(21(2)19-32)38(35,36)26-9-8-22(10-13-28(34)11-4-5-12-28)15-24(26)37-25(20)18-30(3)27(33)23-7-6-14-29-16-23/h6-9,14-16,20-21,25,32,34H,4-5,11-12,17-19H2,1-3H3/t20-,21-,25+/m1/s1. The third-order valence-corrected chi connectivity index (χ3v) is 9.27. The zero-order valence-corrected chi connectivity index (χ0v) is 22.8. The highest BCUT2D eigenvalue weighted by Gasteiger charge is 2.38. The summed E-state index contributed by atoms with van der Waals surface area (Å²) in [7, 11) is -2.33. The molecule has 2 aliphatic rings. The number of amides is 1. The predicted molar refractivity (Wildman–Crippen MR) is 142 cm³/mol. The van der Waals surface area contributed by atoms with Gasteiger partial charge in [0.25, 0.3) is 5.91 Å². The van der Waals surface area contributed by atoms with E-state index >= 15 is 0 Å². The maximum atomic E-state index is 13.7. The normalized spacial score (nSPS) is 23.1. The highest BCUT2D eigenvalue weighted by molar-refractivity contribution is 7.89. The first-order valence-corrected chi connectivity index (χ1v) is 14.3. The molecule has 1 fully saturated rings. The van der Waals surface area contributed by atoms with Crippen molar-refractivity contribution in [1.29, 1.82) is 0 Å². The number of aliphatic hydroxyl groups is 2. The Morgan fingerprint density at radius 3 is 2.71 bits per heavy atom. The Labute approximate surface area is 224 Å². The van der Waals surface area contributed by atoms with Gasteiger partial charge in [-0.05, 0) is 62.9 Å². The molecule has 2 N–H and O–H groups in total. The van der Waals surface area contributed by atoms with E-state index in [1.807, 2.05) is 6.92 Å². The number of pyridine rings is 1. The van der Waals surface area contributed by atoms with Crippen LogP contribution in [0.2, 0.25) is 0 Å². The van der Waals surface area contributed by atoms with Gasteiger partial charge in [-0.3, -0.25) is 9.78 Å². The number of hydrogen-bond donors (Lipinski definition) is 2.